The number of para-hydroxylation sites is 2. The number of halogens is 2. The second kappa shape index (κ2) is 7.40. The zero-order valence-electron chi connectivity index (χ0n) is 15.7. The third-order valence-corrected chi connectivity index (χ3v) is 5.48. The van der Waals surface area contributed by atoms with Gasteiger partial charge in [0.05, 0.1) is 11.9 Å². The van der Waals surface area contributed by atoms with Gasteiger partial charge in [0, 0.05) is 36.2 Å². The summed E-state index contributed by atoms with van der Waals surface area (Å²) in [6.07, 6.45) is 3.76. The van der Waals surface area contributed by atoms with Crippen molar-refractivity contribution in [3.8, 4) is 11.3 Å². The number of H-pyrrole nitrogens is 1. The number of nitrogens with zero attached hydrogens (tertiary/aromatic N) is 3. The van der Waals surface area contributed by atoms with Crippen LogP contribution in [-0.4, -0.2) is 33.2 Å². The monoisotopic (exact) mass is 394 g/mol. The van der Waals surface area contributed by atoms with E-state index in [2.05, 4.69) is 20.1 Å². The maximum Gasteiger partial charge on any atom is 0.199 e. The van der Waals surface area contributed by atoms with Gasteiger partial charge in [0.1, 0.15) is 17.2 Å². The van der Waals surface area contributed by atoms with E-state index in [-0.39, 0.29) is 5.92 Å². The lowest BCUT2D eigenvalue weighted by atomic mass is 9.97. The molecule has 7 heteroatoms. The van der Waals surface area contributed by atoms with Crippen molar-refractivity contribution in [2.75, 3.05) is 13.1 Å². The van der Waals surface area contributed by atoms with Crippen molar-refractivity contribution in [2.24, 2.45) is 0 Å². The number of piperidine rings is 1. The highest BCUT2D eigenvalue weighted by Gasteiger charge is 2.26. The van der Waals surface area contributed by atoms with Crippen LogP contribution in [0.5, 0.6) is 0 Å². The normalized spacial score (nSPS) is 17.8. The number of likely N-dealkylation sites (tertiary alicyclic amines) is 1. The summed E-state index contributed by atoms with van der Waals surface area (Å²) in [7, 11) is 0. The molecule has 0 amide bonds. The first-order valence-electron chi connectivity index (χ1n) is 9.73. The Bertz CT molecular complexity index is 1120. The van der Waals surface area contributed by atoms with Crippen molar-refractivity contribution in [1.82, 2.24) is 20.1 Å². The van der Waals surface area contributed by atoms with Crippen LogP contribution in [0.1, 0.15) is 30.2 Å². The van der Waals surface area contributed by atoms with E-state index in [0.29, 0.717) is 17.8 Å². The largest absolute Gasteiger partial charge is 0.440 e. The second-order valence-corrected chi connectivity index (χ2v) is 7.49. The third kappa shape index (κ3) is 3.53. The SMILES string of the molecule is Fc1ccc(-c2[nH]ncc2CN2CCCC(c3nc4ccccc4o3)C2)c(F)c1. The molecular weight excluding hydrogens is 374 g/mol. The third-order valence-electron chi connectivity index (χ3n) is 5.48. The van der Waals surface area contributed by atoms with Crippen molar-refractivity contribution in [3.05, 3.63) is 71.8 Å². The predicted octanol–water partition coefficient (Wildman–Crippen LogP) is 4.88. The summed E-state index contributed by atoms with van der Waals surface area (Å²) < 4.78 is 33.5. The minimum atomic E-state index is -0.599. The summed E-state index contributed by atoms with van der Waals surface area (Å²) in [5, 5.41) is 6.95. The van der Waals surface area contributed by atoms with Gasteiger partial charge in [-0.2, -0.15) is 5.10 Å². The predicted molar refractivity (Wildman–Crippen MR) is 105 cm³/mol. The molecule has 1 N–H and O–H groups in total. The molecule has 1 atom stereocenters. The molecule has 1 fully saturated rings. The van der Waals surface area contributed by atoms with E-state index >= 15 is 0 Å². The highest BCUT2D eigenvalue weighted by Crippen LogP contribution is 2.31. The summed E-state index contributed by atoms with van der Waals surface area (Å²) in [5.41, 5.74) is 3.48. The van der Waals surface area contributed by atoms with Gasteiger partial charge in [0.25, 0.3) is 0 Å². The van der Waals surface area contributed by atoms with Gasteiger partial charge >= 0.3 is 0 Å². The number of nitrogens with one attached hydrogen (secondary N) is 1. The molecule has 1 aliphatic rings. The minimum absolute atomic E-state index is 0.217. The molecule has 2 aromatic heterocycles. The fourth-order valence-corrected chi connectivity index (χ4v) is 4.06. The number of benzene rings is 2. The summed E-state index contributed by atoms with van der Waals surface area (Å²) in [6.45, 7) is 2.37. The van der Waals surface area contributed by atoms with Crippen molar-refractivity contribution in [3.63, 3.8) is 0 Å². The first-order valence-corrected chi connectivity index (χ1v) is 9.73. The van der Waals surface area contributed by atoms with Crippen molar-refractivity contribution in [1.29, 1.82) is 0 Å². The van der Waals surface area contributed by atoms with Gasteiger partial charge < -0.3 is 4.42 Å². The molecule has 5 rings (SSSR count). The summed E-state index contributed by atoms with van der Waals surface area (Å²) in [4.78, 5) is 6.96. The molecule has 29 heavy (non-hydrogen) atoms. The summed E-state index contributed by atoms with van der Waals surface area (Å²) >= 11 is 0. The van der Waals surface area contributed by atoms with Gasteiger partial charge in [-0.05, 0) is 43.7 Å². The fraction of sp³-hybridized carbons (Fsp3) is 0.273. The van der Waals surface area contributed by atoms with Crippen molar-refractivity contribution >= 4 is 11.1 Å². The number of hydrogen-bond acceptors (Lipinski definition) is 4. The van der Waals surface area contributed by atoms with E-state index in [9.17, 15) is 8.78 Å². The number of oxazole rings is 1. The molecule has 148 valence electrons. The average Bonchev–Trinajstić information content (AvgIpc) is 3.35. The van der Waals surface area contributed by atoms with E-state index in [0.717, 1.165) is 54.6 Å². The molecular formula is C22H20F2N4O. The topological polar surface area (TPSA) is 58.0 Å². The van der Waals surface area contributed by atoms with Crippen LogP contribution in [0.3, 0.4) is 0 Å². The van der Waals surface area contributed by atoms with Crippen LogP contribution < -0.4 is 0 Å². The fourth-order valence-electron chi connectivity index (χ4n) is 4.06. The van der Waals surface area contributed by atoms with Gasteiger partial charge in [-0.15, -0.1) is 0 Å². The number of aromatic nitrogens is 3. The summed E-state index contributed by atoms with van der Waals surface area (Å²) in [5.74, 6) is -0.204. The van der Waals surface area contributed by atoms with E-state index in [1.54, 1.807) is 6.20 Å². The quantitative estimate of drug-likeness (QED) is 0.536. The van der Waals surface area contributed by atoms with Crippen molar-refractivity contribution < 1.29 is 13.2 Å². The zero-order valence-corrected chi connectivity index (χ0v) is 15.7. The molecule has 0 spiro atoms. The lowest BCUT2D eigenvalue weighted by molar-refractivity contribution is 0.187. The molecule has 1 saturated heterocycles. The molecule has 0 saturated carbocycles. The number of hydrogen-bond donors (Lipinski definition) is 1. The van der Waals surface area contributed by atoms with Gasteiger partial charge in [-0.25, -0.2) is 13.8 Å². The lowest BCUT2D eigenvalue weighted by Gasteiger charge is -2.31. The Labute approximate surface area is 166 Å². The van der Waals surface area contributed by atoms with E-state index < -0.39 is 11.6 Å². The molecule has 3 heterocycles. The Hall–Kier alpha value is -3.06. The first kappa shape index (κ1) is 18.0. The summed E-state index contributed by atoms with van der Waals surface area (Å²) in [6, 6.07) is 11.4. The molecule has 5 nitrogen and oxygen atoms in total. The number of fused-ring (bicyclic) bond motifs is 1. The van der Waals surface area contributed by atoms with Gasteiger partial charge in [0.15, 0.2) is 11.5 Å². The van der Waals surface area contributed by atoms with Gasteiger partial charge in [-0.1, -0.05) is 12.1 Å². The van der Waals surface area contributed by atoms with E-state index in [1.807, 2.05) is 24.3 Å². The van der Waals surface area contributed by atoms with E-state index in [1.165, 1.54) is 12.1 Å². The molecule has 1 unspecified atom stereocenters. The van der Waals surface area contributed by atoms with Crippen LogP contribution in [-0.2, 0) is 6.54 Å². The maximum absolute atomic E-state index is 14.2. The Kier molecular flexibility index (Phi) is 4.60. The lowest BCUT2D eigenvalue weighted by Crippen LogP contribution is -2.34. The maximum atomic E-state index is 14.2. The van der Waals surface area contributed by atoms with Gasteiger partial charge in [-0.3, -0.25) is 10.00 Å². The van der Waals surface area contributed by atoms with Gasteiger partial charge in [0.2, 0.25) is 0 Å². The highest BCUT2D eigenvalue weighted by molar-refractivity contribution is 5.72. The Morgan fingerprint density at radius 2 is 2.07 bits per heavy atom. The van der Waals surface area contributed by atoms with Crippen molar-refractivity contribution in [2.45, 2.75) is 25.3 Å². The Morgan fingerprint density at radius 3 is 2.93 bits per heavy atom. The molecule has 1 aliphatic heterocycles. The standard InChI is InChI=1S/C22H20F2N4O/c23-16-7-8-17(18(24)10-16)21-15(11-25-27-21)13-28-9-3-4-14(12-28)22-26-19-5-1-2-6-20(19)29-22/h1-2,5-8,10-11,14H,3-4,9,12-13H2,(H,25,27). The second-order valence-electron chi connectivity index (χ2n) is 7.49. The van der Waals surface area contributed by atoms with E-state index in [4.69, 9.17) is 4.42 Å². The number of rotatable bonds is 4. The van der Waals surface area contributed by atoms with Crippen LogP contribution >= 0.6 is 0 Å². The first-order chi connectivity index (χ1) is 14.2. The number of aromatic amines is 1. The average molecular weight is 394 g/mol. The highest BCUT2D eigenvalue weighted by atomic mass is 19.1. The van der Waals surface area contributed by atoms with Crippen LogP contribution in [0.25, 0.3) is 22.4 Å². The molecule has 0 aliphatic carbocycles. The smallest absolute Gasteiger partial charge is 0.199 e. The minimum Gasteiger partial charge on any atom is -0.440 e. The molecule has 0 bridgehead atoms. The van der Waals surface area contributed by atoms with Crippen LogP contribution in [0.4, 0.5) is 8.78 Å². The van der Waals surface area contributed by atoms with Crippen LogP contribution in [0.2, 0.25) is 0 Å². The van der Waals surface area contributed by atoms with Crippen LogP contribution in [0, 0.1) is 11.6 Å². The Morgan fingerprint density at radius 1 is 1.17 bits per heavy atom. The van der Waals surface area contributed by atoms with Crippen LogP contribution in [0.15, 0.2) is 53.1 Å². The Balaban J connectivity index is 1.35. The molecule has 0 radical (unpaired) electrons. The zero-order chi connectivity index (χ0) is 19.8. The molecule has 4 aromatic rings. The molecule has 2 aromatic carbocycles.